The van der Waals surface area contributed by atoms with Gasteiger partial charge in [0.15, 0.2) is 0 Å². The Morgan fingerprint density at radius 2 is 2.24 bits per heavy atom. The Morgan fingerprint density at radius 1 is 1.41 bits per heavy atom. The lowest BCUT2D eigenvalue weighted by Gasteiger charge is -2.14. The first-order valence-corrected chi connectivity index (χ1v) is 7.12. The van der Waals surface area contributed by atoms with E-state index < -0.39 is 0 Å². The van der Waals surface area contributed by atoms with Crippen LogP contribution in [-0.2, 0) is 0 Å². The Kier molecular flexibility index (Phi) is 6.84. The van der Waals surface area contributed by atoms with E-state index in [1.165, 1.54) is 16.9 Å². The largest absolute Gasteiger partial charge is 0.310 e. The van der Waals surface area contributed by atoms with Crippen molar-refractivity contribution in [3.63, 3.8) is 0 Å². The molecule has 2 heteroatoms. The molecule has 1 rings (SSSR count). The fraction of sp³-hybridized carbons (Fsp3) is 0.467. The molecule has 1 nitrogen and oxygen atoms in total. The highest BCUT2D eigenvalue weighted by Gasteiger charge is 2.04. The number of hydrogen-bond acceptors (Lipinski definition) is 2. The van der Waals surface area contributed by atoms with Crippen LogP contribution in [-0.4, -0.2) is 12.3 Å². The minimum Gasteiger partial charge on any atom is -0.310 e. The first-order chi connectivity index (χ1) is 8.27. The van der Waals surface area contributed by atoms with Crippen molar-refractivity contribution in [3.05, 3.63) is 29.8 Å². The fourth-order valence-corrected chi connectivity index (χ4v) is 2.32. The molecule has 1 aromatic carbocycles. The van der Waals surface area contributed by atoms with Crippen molar-refractivity contribution < 1.29 is 0 Å². The molecule has 0 aromatic heterocycles. The summed E-state index contributed by atoms with van der Waals surface area (Å²) in [5.41, 5.74) is 1.35. The predicted octanol–water partition coefficient (Wildman–Crippen LogP) is 3.86. The summed E-state index contributed by atoms with van der Waals surface area (Å²) in [5.74, 6) is 6.87. The highest BCUT2D eigenvalue weighted by molar-refractivity contribution is 7.99. The number of hydrogen-bond donors (Lipinski definition) is 1. The van der Waals surface area contributed by atoms with Crippen molar-refractivity contribution in [3.8, 4) is 11.8 Å². The molecular formula is C15H21NS. The van der Waals surface area contributed by atoms with E-state index >= 15 is 0 Å². The Hall–Kier alpha value is -0.910. The Labute approximate surface area is 109 Å². The topological polar surface area (TPSA) is 12.0 Å². The number of rotatable bonds is 6. The van der Waals surface area contributed by atoms with Crippen molar-refractivity contribution in [2.24, 2.45) is 0 Å². The molecule has 0 bridgehead atoms. The molecule has 0 aliphatic rings. The molecule has 1 N–H and O–H groups in total. The van der Waals surface area contributed by atoms with Gasteiger partial charge in [-0.2, -0.15) is 0 Å². The first kappa shape index (κ1) is 14.2. The van der Waals surface area contributed by atoms with Gasteiger partial charge in [0.1, 0.15) is 0 Å². The highest BCUT2D eigenvalue weighted by atomic mass is 32.2. The molecule has 17 heavy (non-hydrogen) atoms. The number of benzene rings is 1. The SMILES string of the molecule is CC#CCSc1cccc(C(C)NCCC)c1. The van der Waals surface area contributed by atoms with Crippen molar-refractivity contribution in [1.29, 1.82) is 0 Å². The van der Waals surface area contributed by atoms with Gasteiger partial charge in [-0.05, 0) is 44.5 Å². The molecule has 0 saturated carbocycles. The molecule has 1 unspecified atom stereocenters. The Balaban J connectivity index is 2.60. The molecule has 0 amide bonds. The van der Waals surface area contributed by atoms with Gasteiger partial charge in [-0.25, -0.2) is 0 Å². The Morgan fingerprint density at radius 3 is 2.94 bits per heavy atom. The maximum atomic E-state index is 3.51. The standard InChI is InChI=1S/C15H21NS/c1-4-6-11-17-15-9-7-8-14(12-15)13(3)16-10-5-2/h7-9,12-13,16H,5,10-11H2,1-3H3. The van der Waals surface area contributed by atoms with Gasteiger partial charge in [-0.15, -0.1) is 17.7 Å². The second-order valence-electron chi connectivity index (χ2n) is 3.96. The molecule has 92 valence electrons. The van der Waals surface area contributed by atoms with Crippen molar-refractivity contribution in [2.45, 2.75) is 38.1 Å². The summed E-state index contributed by atoms with van der Waals surface area (Å²) in [6, 6.07) is 9.14. The van der Waals surface area contributed by atoms with E-state index in [1.54, 1.807) is 11.8 Å². The summed E-state index contributed by atoms with van der Waals surface area (Å²) in [7, 11) is 0. The highest BCUT2D eigenvalue weighted by Crippen LogP contribution is 2.22. The van der Waals surface area contributed by atoms with Gasteiger partial charge >= 0.3 is 0 Å². The van der Waals surface area contributed by atoms with Crippen LogP contribution in [0.5, 0.6) is 0 Å². The maximum Gasteiger partial charge on any atom is 0.0594 e. The lowest BCUT2D eigenvalue weighted by molar-refractivity contribution is 0.570. The average molecular weight is 247 g/mol. The normalized spacial score (nSPS) is 11.7. The molecule has 0 radical (unpaired) electrons. The minimum atomic E-state index is 0.424. The summed E-state index contributed by atoms with van der Waals surface area (Å²) in [6.45, 7) is 7.36. The predicted molar refractivity (Wildman–Crippen MR) is 77.3 cm³/mol. The number of nitrogens with one attached hydrogen (secondary N) is 1. The van der Waals surface area contributed by atoms with Crippen molar-refractivity contribution >= 4 is 11.8 Å². The van der Waals surface area contributed by atoms with Gasteiger partial charge in [0, 0.05) is 10.9 Å². The van der Waals surface area contributed by atoms with E-state index in [-0.39, 0.29) is 0 Å². The summed E-state index contributed by atoms with van der Waals surface area (Å²) in [5, 5.41) is 3.51. The minimum absolute atomic E-state index is 0.424. The molecule has 0 spiro atoms. The van der Waals surface area contributed by atoms with Crippen LogP contribution in [0.25, 0.3) is 0 Å². The smallest absolute Gasteiger partial charge is 0.0594 e. The second-order valence-corrected chi connectivity index (χ2v) is 5.01. The number of thioether (sulfide) groups is 1. The van der Waals surface area contributed by atoms with Crippen LogP contribution in [0.1, 0.15) is 38.8 Å². The van der Waals surface area contributed by atoms with E-state index in [9.17, 15) is 0 Å². The molecule has 1 atom stereocenters. The second kappa shape index (κ2) is 8.22. The van der Waals surface area contributed by atoms with Crippen LogP contribution >= 0.6 is 11.8 Å². The van der Waals surface area contributed by atoms with Crippen LogP contribution in [0.4, 0.5) is 0 Å². The fourth-order valence-electron chi connectivity index (χ4n) is 1.54. The molecule has 0 aliphatic carbocycles. The summed E-state index contributed by atoms with van der Waals surface area (Å²) in [4.78, 5) is 1.30. The molecule has 0 saturated heterocycles. The maximum absolute atomic E-state index is 3.51. The van der Waals surface area contributed by atoms with Crippen molar-refractivity contribution in [2.75, 3.05) is 12.3 Å². The lowest BCUT2D eigenvalue weighted by atomic mass is 10.1. The van der Waals surface area contributed by atoms with Gasteiger partial charge in [0.25, 0.3) is 0 Å². The van der Waals surface area contributed by atoms with E-state index in [4.69, 9.17) is 0 Å². The van der Waals surface area contributed by atoms with E-state index in [0.717, 1.165) is 12.3 Å². The van der Waals surface area contributed by atoms with Crippen LogP contribution in [0, 0.1) is 11.8 Å². The third kappa shape index (κ3) is 5.30. The Bertz CT molecular complexity index is 389. The zero-order valence-electron chi connectivity index (χ0n) is 10.9. The van der Waals surface area contributed by atoms with E-state index in [0.29, 0.717) is 6.04 Å². The quantitative estimate of drug-likeness (QED) is 0.605. The third-order valence-corrected chi connectivity index (χ3v) is 3.42. The van der Waals surface area contributed by atoms with Gasteiger partial charge in [-0.1, -0.05) is 25.0 Å². The lowest BCUT2D eigenvalue weighted by Crippen LogP contribution is -2.19. The van der Waals surface area contributed by atoms with Crippen LogP contribution < -0.4 is 5.32 Å². The monoisotopic (exact) mass is 247 g/mol. The van der Waals surface area contributed by atoms with Gasteiger partial charge in [0.2, 0.25) is 0 Å². The zero-order chi connectivity index (χ0) is 12.5. The molecule has 0 aliphatic heterocycles. The van der Waals surface area contributed by atoms with E-state index in [2.05, 4.69) is 55.3 Å². The zero-order valence-corrected chi connectivity index (χ0v) is 11.7. The van der Waals surface area contributed by atoms with E-state index in [1.807, 2.05) is 6.92 Å². The van der Waals surface area contributed by atoms with Gasteiger partial charge in [0.05, 0.1) is 5.75 Å². The summed E-state index contributed by atoms with van der Waals surface area (Å²) in [6.07, 6.45) is 1.17. The molecular weight excluding hydrogens is 226 g/mol. The van der Waals surface area contributed by atoms with Crippen LogP contribution in [0.2, 0.25) is 0 Å². The van der Waals surface area contributed by atoms with Crippen molar-refractivity contribution in [1.82, 2.24) is 5.32 Å². The van der Waals surface area contributed by atoms with Gasteiger partial charge < -0.3 is 5.32 Å². The molecule has 1 aromatic rings. The van der Waals surface area contributed by atoms with Crippen LogP contribution in [0.3, 0.4) is 0 Å². The first-order valence-electron chi connectivity index (χ1n) is 6.13. The third-order valence-electron chi connectivity index (χ3n) is 2.55. The molecule has 0 heterocycles. The van der Waals surface area contributed by atoms with Gasteiger partial charge in [-0.3, -0.25) is 0 Å². The van der Waals surface area contributed by atoms with Crippen LogP contribution in [0.15, 0.2) is 29.2 Å². The molecule has 0 fully saturated rings. The summed E-state index contributed by atoms with van der Waals surface area (Å²) < 4.78 is 0. The average Bonchev–Trinajstić information content (AvgIpc) is 2.36. The summed E-state index contributed by atoms with van der Waals surface area (Å²) >= 11 is 1.80.